The summed E-state index contributed by atoms with van der Waals surface area (Å²) in [5, 5.41) is 3.54. The van der Waals surface area contributed by atoms with Crippen LogP contribution in [0.5, 0.6) is 0 Å². The van der Waals surface area contributed by atoms with Gasteiger partial charge in [0.25, 0.3) is 0 Å². The lowest BCUT2D eigenvalue weighted by Gasteiger charge is -2.19. The second-order valence-electron chi connectivity index (χ2n) is 6.03. The van der Waals surface area contributed by atoms with Crippen molar-refractivity contribution in [1.29, 1.82) is 0 Å². The van der Waals surface area contributed by atoms with Crippen molar-refractivity contribution in [3.8, 4) is 0 Å². The lowest BCUT2D eigenvalue weighted by molar-refractivity contribution is 0.287. The minimum Gasteiger partial charge on any atom is -0.311 e. The molecule has 0 fully saturated rings. The smallest absolute Gasteiger partial charge is 0.0206 e. The molecule has 0 aliphatic rings. The zero-order chi connectivity index (χ0) is 14.8. The Morgan fingerprint density at radius 3 is 2.20 bits per heavy atom. The summed E-state index contributed by atoms with van der Waals surface area (Å²) in [4.78, 5) is 2.50. The summed E-state index contributed by atoms with van der Waals surface area (Å²) in [5.41, 5.74) is 2.83. The Morgan fingerprint density at radius 1 is 1.00 bits per heavy atom. The molecule has 0 aromatic heterocycles. The summed E-state index contributed by atoms with van der Waals surface area (Å²) in [7, 11) is 0. The number of likely N-dealkylation sites (N-methyl/N-ethyl adjacent to an activating group) is 1. The Labute approximate surface area is 125 Å². The molecular weight excluding hydrogens is 244 g/mol. The van der Waals surface area contributed by atoms with Gasteiger partial charge in [-0.05, 0) is 43.0 Å². The molecule has 2 nitrogen and oxygen atoms in total. The van der Waals surface area contributed by atoms with Crippen LogP contribution in [0.25, 0.3) is 0 Å². The molecule has 0 atom stereocenters. The molecule has 0 heterocycles. The molecule has 2 heteroatoms. The Hall–Kier alpha value is -0.860. The average Bonchev–Trinajstić information content (AvgIpc) is 2.43. The van der Waals surface area contributed by atoms with Crippen LogP contribution in [0.4, 0.5) is 0 Å². The molecule has 0 saturated heterocycles. The number of nitrogens with zero attached hydrogens (tertiary/aromatic N) is 1. The third-order valence-corrected chi connectivity index (χ3v) is 3.59. The molecule has 114 valence electrons. The molecule has 1 aromatic rings. The average molecular weight is 276 g/mol. The summed E-state index contributed by atoms with van der Waals surface area (Å²) in [6, 6.07) is 9.06. The molecule has 1 N–H and O–H groups in total. The zero-order valence-electron chi connectivity index (χ0n) is 13.8. The summed E-state index contributed by atoms with van der Waals surface area (Å²) in [6.45, 7) is 14.6. The van der Waals surface area contributed by atoms with E-state index < -0.39 is 0 Å². The zero-order valence-corrected chi connectivity index (χ0v) is 13.8. The van der Waals surface area contributed by atoms with Crippen molar-refractivity contribution in [1.82, 2.24) is 10.2 Å². The van der Waals surface area contributed by atoms with Crippen LogP contribution in [0.2, 0.25) is 0 Å². The van der Waals surface area contributed by atoms with Gasteiger partial charge in [0.1, 0.15) is 0 Å². The van der Waals surface area contributed by atoms with E-state index in [-0.39, 0.29) is 0 Å². The van der Waals surface area contributed by atoms with E-state index in [0.717, 1.165) is 32.1 Å². The van der Waals surface area contributed by atoms with Gasteiger partial charge in [-0.3, -0.25) is 0 Å². The molecule has 0 bridgehead atoms. The summed E-state index contributed by atoms with van der Waals surface area (Å²) >= 11 is 0. The first-order chi connectivity index (χ1) is 9.65. The summed E-state index contributed by atoms with van der Waals surface area (Å²) < 4.78 is 0. The molecular formula is C18H32N2. The van der Waals surface area contributed by atoms with Gasteiger partial charge in [-0.1, -0.05) is 52.0 Å². The fourth-order valence-corrected chi connectivity index (χ4v) is 2.48. The van der Waals surface area contributed by atoms with E-state index in [1.807, 2.05) is 0 Å². The molecule has 20 heavy (non-hydrogen) atoms. The van der Waals surface area contributed by atoms with Crippen molar-refractivity contribution in [2.45, 2.75) is 47.1 Å². The third kappa shape index (κ3) is 7.06. The molecule has 0 unspecified atom stereocenters. The third-order valence-electron chi connectivity index (χ3n) is 3.59. The van der Waals surface area contributed by atoms with Crippen molar-refractivity contribution in [3.63, 3.8) is 0 Å². The van der Waals surface area contributed by atoms with Crippen LogP contribution in [0.15, 0.2) is 24.3 Å². The number of nitrogens with one attached hydrogen (secondary N) is 1. The van der Waals surface area contributed by atoms with Crippen molar-refractivity contribution < 1.29 is 0 Å². The highest BCUT2D eigenvalue weighted by molar-refractivity contribution is 5.22. The quantitative estimate of drug-likeness (QED) is 0.655. The van der Waals surface area contributed by atoms with E-state index in [0.29, 0.717) is 0 Å². The maximum absolute atomic E-state index is 3.54. The Kier molecular flexibility index (Phi) is 8.56. The highest BCUT2D eigenvalue weighted by Gasteiger charge is 2.01. The highest BCUT2D eigenvalue weighted by atomic mass is 15.1. The van der Waals surface area contributed by atoms with Gasteiger partial charge in [-0.25, -0.2) is 0 Å². The van der Waals surface area contributed by atoms with E-state index >= 15 is 0 Å². The molecule has 0 amide bonds. The molecule has 0 aliphatic carbocycles. The molecule has 0 aliphatic heterocycles. The minimum atomic E-state index is 0.734. The first-order valence-corrected chi connectivity index (χ1v) is 8.16. The highest BCUT2D eigenvalue weighted by Crippen LogP contribution is 2.09. The fraction of sp³-hybridized carbons (Fsp3) is 0.667. The lowest BCUT2D eigenvalue weighted by atomic mass is 10.0. The fourth-order valence-electron chi connectivity index (χ4n) is 2.48. The molecule has 1 aromatic carbocycles. The Balaban J connectivity index is 2.24. The second kappa shape index (κ2) is 9.95. The van der Waals surface area contributed by atoms with Gasteiger partial charge in [0.15, 0.2) is 0 Å². The van der Waals surface area contributed by atoms with Crippen LogP contribution >= 0.6 is 0 Å². The van der Waals surface area contributed by atoms with Gasteiger partial charge in [-0.15, -0.1) is 0 Å². The Morgan fingerprint density at radius 2 is 1.65 bits per heavy atom. The number of rotatable bonds is 10. The monoisotopic (exact) mass is 276 g/mol. The molecule has 0 spiro atoms. The van der Waals surface area contributed by atoms with E-state index in [4.69, 9.17) is 0 Å². The van der Waals surface area contributed by atoms with Crippen LogP contribution < -0.4 is 5.32 Å². The first-order valence-electron chi connectivity index (χ1n) is 8.16. The lowest BCUT2D eigenvalue weighted by Crippen LogP contribution is -2.32. The SMILES string of the molecule is CCCN(CC)CCNCc1ccc(CC(C)C)cc1. The van der Waals surface area contributed by atoms with Gasteiger partial charge in [0.05, 0.1) is 0 Å². The van der Waals surface area contributed by atoms with Crippen LogP contribution in [-0.2, 0) is 13.0 Å². The van der Waals surface area contributed by atoms with Gasteiger partial charge in [0, 0.05) is 19.6 Å². The normalized spacial score (nSPS) is 11.5. The van der Waals surface area contributed by atoms with Crippen LogP contribution in [-0.4, -0.2) is 31.1 Å². The number of hydrogen-bond acceptors (Lipinski definition) is 2. The van der Waals surface area contributed by atoms with E-state index in [1.54, 1.807) is 0 Å². The molecule has 0 saturated carbocycles. The predicted molar refractivity (Wildman–Crippen MR) is 89.1 cm³/mol. The maximum Gasteiger partial charge on any atom is 0.0206 e. The first kappa shape index (κ1) is 17.2. The van der Waals surface area contributed by atoms with Gasteiger partial charge in [0.2, 0.25) is 0 Å². The van der Waals surface area contributed by atoms with Gasteiger partial charge in [-0.2, -0.15) is 0 Å². The maximum atomic E-state index is 3.54. The van der Waals surface area contributed by atoms with Gasteiger partial charge < -0.3 is 10.2 Å². The standard InChI is InChI=1S/C18H32N2/c1-5-12-20(6-2)13-11-19-15-18-9-7-17(8-10-18)14-16(3)4/h7-10,16,19H,5-6,11-15H2,1-4H3. The predicted octanol–water partition coefficient (Wildman–Crippen LogP) is 3.71. The van der Waals surface area contributed by atoms with Crippen molar-refractivity contribution in [3.05, 3.63) is 35.4 Å². The van der Waals surface area contributed by atoms with Crippen LogP contribution in [0, 0.1) is 5.92 Å². The van der Waals surface area contributed by atoms with Crippen LogP contribution in [0.3, 0.4) is 0 Å². The van der Waals surface area contributed by atoms with Crippen molar-refractivity contribution >= 4 is 0 Å². The summed E-state index contributed by atoms with van der Waals surface area (Å²) in [5.74, 6) is 0.734. The van der Waals surface area contributed by atoms with E-state index in [9.17, 15) is 0 Å². The summed E-state index contributed by atoms with van der Waals surface area (Å²) in [6.07, 6.45) is 2.42. The van der Waals surface area contributed by atoms with Crippen molar-refractivity contribution in [2.75, 3.05) is 26.2 Å². The van der Waals surface area contributed by atoms with Crippen molar-refractivity contribution in [2.24, 2.45) is 5.92 Å². The largest absolute Gasteiger partial charge is 0.311 e. The van der Waals surface area contributed by atoms with E-state index in [1.165, 1.54) is 30.5 Å². The van der Waals surface area contributed by atoms with Gasteiger partial charge >= 0.3 is 0 Å². The molecule has 1 rings (SSSR count). The second-order valence-corrected chi connectivity index (χ2v) is 6.03. The van der Waals surface area contributed by atoms with Crippen LogP contribution in [0.1, 0.15) is 45.2 Å². The molecule has 0 radical (unpaired) electrons. The number of hydrogen-bond donors (Lipinski definition) is 1. The number of benzene rings is 1. The Bertz CT molecular complexity index is 343. The minimum absolute atomic E-state index is 0.734. The topological polar surface area (TPSA) is 15.3 Å². The van der Waals surface area contributed by atoms with E-state index in [2.05, 4.69) is 62.2 Å².